The number of thiophene rings is 1. The van der Waals surface area contributed by atoms with Crippen LogP contribution >= 0.6 is 11.3 Å². The summed E-state index contributed by atoms with van der Waals surface area (Å²) >= 11 is 1.10. The van der Waals surface area contributed by atoms with Gasteiger partial charge in [-0.15, -0.1) is 11.3 Å². The number of hydrogen-bond donors (Lipinski definition) is 3. The van der Waals surface area contributed by atoms with Crippen molar-refractivity contribution in [1.82, 2.24) is 9.97 Å². The van der Waals surface area contributed by atoms with Gasteiger partial charge in [-0.2, -0.15) is 8.42 Å². The van der Waals surface area contributed by atoms with Crippen LogP contribution in [-0.2, 0) is 25.6 Å². The highest BCUT2D eigenvalue weighted by Gasteiger charge is 2.35. The molecule has 38 heavy (non-hydrogen) atoms. The molecule has 4 N–H and O–H groups in total. The SMILES string of the molecule is [C-]#[N+]c1sc(C(=O)c2cncnc2N[C@@H]2C[C@H](COS(N)(=O)=O)[C@@H](O)C2)cc1C1OCCc2ccccc21. The van der Waals surface area contributed by atoms with Crippen LogP contribution in [0.3, 0.4) is 0 Å². The molecule has 0 amide bonds. The van der Waals surface area contributed by atoms with Crippen molar-refractivity contribution in [2.45, 2.75) is 37.5 Å². The molecule has 0 spiro atoms. The number of anilines is 1. The van der Waals surface area contributed by atoms with E-state index in [1.807, 2.05) is 24.3 Å². The highest BCUT2D eigenvalue weighted by Crippen LogP contribution is 2.43. The summed E-state index contributed by atoms with van der Waals surface area (Å²) in [5.41, 5.74) is 3.03. The fraction of sp³-hybridized carbons (Fsp3) is 0.360. The van der Waals surface area contributed by atoms with E-state index in [1.165, 1.54) is 12.5 Å². The molecule has 2 aliphatic rings. The van der Waals surface area contributed by atoms with Gasteiger partial charge in [0.05, 0.1) is 42.4 Å². The van der Waals surface area contributed by atoms with Crippen molar-refractivity contribution < 1.29 is 27.2 Å². The standard InChI is InChI=1S/C25H25N5O6S2/c1-27-25-18(23-17-5-3-2-4-14(17)6-7-35-23)10-21(37-25)22(32)19-11-28-13-29-24(19)30-16-8-15(20(31)9-16)12-36-38(26,33)34/h2-5,10-11,13,15-16,20,23,31H,6-9,12H2,(H2,26,33,34)(H,28,29,30)/t15-,16-,20+,23?/m1/s1. The summed E-state index contributed by atoms with van der Waals surface area (Å²) in [6, 6.07) is 9.36. The Hall–Kier alpha value is -3.25. The Kier molecular flexibility index (Phi) is 7.53. The monoisotopic (exact) mass is 555 g/mol. The molecule has 11 nitrogen and oxygen atoms in total. The predicted octanol–water partition coefficient (Wildman–Crippen LogP) is 2.75. The lowest BCUT2D eigenvalue weighted by Gasteiger charge is -2.26. The van der Waals surface area contributed by atoms with Crippen LogP contribution in [0.4, 0.5) is 10.8 Å². The lowest BCUT2D eigenvalue weighted by atomic mass is 9.93. The van der Waals surface area contributed by atoms with Crippen LogP contribution < -0.4 is 10.5 Å². The third kappa shape index (κ3) is 5.60. The molecule has 1 aliphatic carbocycles. The summed E-state index contributed by atoms with van der Waals surface area (Å²) in [5, 5.41) is 18.8. The van der Waals surface area contributed by atoms with E-state index in [0.29, 0.717) is 34.9 Å². The second kappa shape index (κ2) is 10.9. The van der Waals surface area contributed by atoms with Gasteiger partial charge in [-0.3, -0.25) is 8.98 Å². The predicted molar refractivity (Wildman–Crippen MR) is 139 cm³/mol. The molecule has 3 heterocycles. The maximum atomic E-state index is 13.6. The quantitative estimate of drug-likeness (QED) is 0.281. The van der Waals surface area contributed by atoms with Crippen LogP contribution in [-0.4, -0.2) is 54.6 Å². The summed E-state index contributed by atoms with van der Waals surface area (Å²) in [7, 11) is -4.11. The molecule has 3 aromatic rings. The van der Waals surface area contributed by atoms with Gasteiger partial charge >= 0.3 is 10.3 Å². The van der Waals surface area contributed by atoms with Crippen molar-refractivity contribution in [2.75, 3.05) is 18.5 Å². The van der Waals surface area contributed by atoms with Crippen LogP contribution in [0.15, 0.2) is 42.9 Å². The number of carbonyl (C=O) groups is 1. The molecule has 1 aliphatic heterocycles. The number of aliphatic hydroxyl groups is 1. The molecule has 0 bridgehead atoms. The van der Waals surface area contributed by atoms with E-state index < -0.39 is 28.4 Å². The molecule has 1 saturated carbocycles. The first kappa shape index (κ1) is 26.4. The van der Waals surface area contributed by atoms with E-state index in [4.69, 9.17) is 16.4 Å². The number of ether oxygens (including phenoxy) is 1. The maximum absolute atomic E-state index is 13.6. The van der Waals surface area contributed by atoms with Crippen LogP contribution in [0.1, 0.15) is 50.9 Å². The van der Waals surface area contributed by atoms with E-state index in [1.54, 1.807) is 6.07 Å². The van der Waals surface area contributed by atoms with Crippen LogP contribution in [0.2, 0.25) is 0 Å². The summed E-state index contributed by atoms with van der Waals surface area (Å²) in [4.78, 5) is 25.9. The highest BCUT2D eigenvalue weighted by molar-refractivity contribution is 7.84. The van der Waals surface area contributed by atoms with Crippen molar-refractivity contribution in [3.05, 3.63) is 81.4 Å². The van der Waals surface area contributed by atoms with Gasteiger partial charge in [0.15, 0.2) is 0 Å². The van der Waals surface area contributed by atoms with Gasteiger partial charge in [-0.25, -0.2) is 20.0 Å². The van der Waals surface area contributed by atoms with Crippen LogP contribution in [0.5, 0.6) is 0 Å². The Labute approximate surface area is 223 Å². The van der Waals surface area contributed by atoms with Crippen molar-refractivity contribution in [3.8, 4) is 0 Å². The number of carbonyl (C=O) groups excluding carboxylic acids is 1. The number of ketones is 1. The van der Waals surface area contributed by atoms with Crippen molar-refractivity contribution in [2.24, 2.45) is 11.1 Å². The molecule has 1 fully saturated rings. The summed E-state index contributed by atoms with van der Waals surface area (Å²) < 4.78 is 32.9. The number of hydrogen-bond acceptors (Lipinski definition) is 10. The Morgan fingerprint density at radius 1 is 1.32 bits per heavy atom. The summed E-state index contributed by atoms with van der Waals surface area (Å²) in [6.45, 7) is 7.98. The van der Waals surface area contributed by atoms with Crippen molar-refractivity contribution in [1.29, 1.82) is 0 Å². The molecular weight excluding hydrogens is 530 g/mol. The zero-order valence-corrected chi connectivity index (χ0v) is 21.7. The van der Waals surface area contributed by atoms with Gasteiger partial charge in [0.25, 0.3) is 0 Å². The van der Waals surface area contributed by atoms with Crippen molar-refractivity contribution >= 4 is 38.2 Å². The van der Waals surface area contributed by atoms with Gasteiger partial charge in [-0.05, 0) is 36.5 Å². The number of benzene rings is 1. The van der Waals surface area contributed by atoms with E-state index in [-0.39, 0.29) is 29.8 Å². The topological polar surface area (TPSA) is 158 Å². The third-order valence-electron chi connectivity index (χ3n) is 6.74. The van der Waals surface area contributed by atoms with Gasteiger partial charge < -0.3 is 15.2 Å². The Morgan fingerprint density at radius 3 is 2.92 bits per heavy atom. The molecule has 198 valence electrons. The first-order chi connectivity index (χ1) is 18.2. The fourth-order valence-electron chi connectivity index (χ4n) is 4.95. The number of aliphatic hydroxyl groups excluding tert-OH is 1. The number of nitrogens with two attached hydrogens (primary N) is 1. The lowest BCUT2D eigenvalue weighted by Crippen LogP contribution is -2.24. The largest absolute Gasteiger partial charge is 0.393 e. The fourth-order valence-corrected chi connectivity index (χ4v) is 6.24. The molecular formula is C25H25N5O6S2. The number of nitrogens with one attached hydrogen (secondary N) is 1. The number of fused-ring (bicyclic) bond motifs is 1. The lowest BCUT2D eigenvalue weighted by molar-refractivity contribution is 0.0705. The van der Waals surface area contributed by atoms with Crippen LogP contribution in [0, 0.1) is 12.5 Å². The molecule has 1 aromatic carbocycles. The van der Waals surface area contributed by atoms with E-state index in [9.17, 15) is 18.3 Å². The second-order valence-electron chi connectivity index (χ2n) is 9.21. The third-order valence-corrected chi connectivity index (χ3v) is 8.25. The Balaban J connectivity index is 1.37. The first-order valence-corrected chi connectivity index (χ1v) is 14.2. The molecule has 1 unspecified atom stereocenters. The zero-order valence-electron chi connectivity index (χ0n) is 20.1. The molecule has 0 saturated heterocycles. The molecule has 2 aromatic heterocycles. The molecule has 5 rings (SSSR count). The number of aromatic nitrogens is 2. The minimum Gasteiger partial charge on any atom is -0.393 e. The average molecular weight is 556 g/mol. The van der Waals surface area contributed by atoms with E-state index in [2.05, 4.69) is 24.3 Å². The highest BCUT2D eigenvalue weighted by atomic mass is 32.2. The number of rotatable bonds is 8. The van der Waals surface area contributed by atoms with E-state index in [0.717, 1.165) is 28.9 Å². The number of nitrogens with zero attached hydrogens (tertiary/aromatic N) is 3. The van der Waals surface area contributed by atoms with Crippen LogP contribution in [0.25, 0.3) is 4.85 Å². The molecule has 13 heteroatoms. The normalized spacial score (nSPS) is 23.0. The van der Waals surface area contributed by atoms with Gasteiger partial charge in [0.2, 0.25) is 10.8 Å². The Morgan fingerprint density at radius 2 is 2.13 bits per heavy atom. The molecule has 4 atom stereocenters. The molecule has 0 radical (unpaired) electrons. The van der Waals surface area contributed by atoms with E-state index >= 15 is 0 Å². The first-order valence-electron chi connectivity index (χ1n) is 11.9. The minimum atomic E-state index is -4.11. The second-order valence-corrected chi connectivity index (χ2v) is 11.5. The van der Waals surface area contributed by atoms with Gasteiger partial charge in [0, 0.05) is 23.7 Å². The van der Waals surface area contributed by atoms with Gasteiger partial charge in [-0.1, -0.05) is 24.3 Å². The average Bonchev–Trinajstić information content (AvgIpc) is 3.49. The van der Waals surface area contributed by atoms with Gasteiger partial charge in [0.1, 0.15) is 12.1 Å². The summed E-state index contributed by atoms with van der Waals surface area (Å²) in [5.74, 6) is -0.508. The Bertz CT molecular complexity index is 1500. The minimum absolute atomic E-state index is 0.223. The smallest absolute Gasteiger partial charge is 0.333 e. The maximum Gasteiger partial charge on any atom is 0.333 e. The van der Waals surface area contributed by atoms with Crippen molar-refractivity contribution in [3.63, 3.8) is 0 Å². The zero-order chi connectivity index (χ0) is 26.9. The summed E-state index contributed by atoms with van der Waals surface area (Å²) in [6.07, 6.45) is 2.96.